The van der Waals surface area contributed by atoms with Crippen LogP contribution in [0.3, 0.4) is 0 Å². The van der Waals surface area contributed by atoms with E-state index in [2.05, 4.69) is 38.7 Å². The number of benzene rings is 1. The number of nitrogens with one attached hydrogen (secondary N) is 2. The zero-order valence-corrected chi connectivity index (χ0v) is 12.4. The SMILES string of the molecule is CC(=O)NCCNC(=O)[C@H]1C[C@@H]1c1cccc(Br)c1. The molecule has 5 heteroatoms. The van der Waals surface area contributed by atoms with Crippen molar-refractivity contribution in [3.63, 3.8) is 0 Å². The van der Waals surface area contributed by atoms with E-state index in [1.807, 2.05) is 12.1 Å². The van der Waals surface area contributed by atoms with Gasteiger partial charge < -0.3 is 10.6 Å². The molecule has 102 valence electrons. The summed E-state index contributed by atoms with van der Waals surface area (Å²) in [6, 6.07) is 8.09. The van der Waals surface area contributed by atoms with E-state index in [1.165, 1.54) is 12.5 Å². The van der Waals surface area contributed by atoms with E-state index in [1.54, 1.807) is 0 Å². The number of halogens is 1. The van der Waals surface area contributed by atoms with E-state index in [0.29, 0.717) is 19.0 Å². The van der Waals surface area contributed by atoms with E-state index in [4.69, 9.17) is 0 Å². The Morgan fingerprint density at radius 1 is 1.32 bits per heavy atom. The minimum absolute atomic E-state index is 0.0756. The van der Waals surface area contributed by atoms with Gasteiger partial charge in [-0.05, 0) is 30.0 Å². The van der Waals surface area contributed by atoms with Gasteiger partial charge in [0.2, 0.25) is 11.8 Å². The smallest absolute Gasteiger partial charge is 0.223 e. The molecule has 19 heavy (non-hydrogen) atoms. The summed E-state index contributed by atoms with van der Waals surface area (Å²) < 4.78 is 1.04. The van der Waals surface area contributed by atoms with Crippen LogP contribution in [0.1, 0.15) is 24.8 Å². The third-order valence-electron chi connectivity index (χ3n) is 3.20. The molecule has 0 radical (unpaired) electrons. The maximum absolute atomic E-state index is 11.9. The summed E-state index contributed by atoms with van der Waals surface area (Å²) in [5.74, 6) is 0.410. The van der Waals surface area contributed by atoms with Gasteiger partial charge in [0.15, 0.2) is 0 Å². The average Bonchev–Trinajstić information content (AvgIpc) is 3.14. The van der Waals surface area contributed by atoms with Crippen molar-refractivity contribution in [2.24, 2.45) is 5.92 Å². The topological polar surface area (TPSA) is 58.2 Å². The molecule has 0 spiro atoms. The van der Waals surface area contributed by atoms with Gasteiger partial charge in [-0.15, -0.1) is 0 Å². The van der Waals surface area contributed by atoms with Gasteiger partial charge in [-0.1, -0.05) is 28.1 Å². The predicted octanol–water partition coefficient (Wildman–Crippen LogP) is 1.80. The molecule has 1 fully saturated rings. The molecule has 2 rings (SSSR count). The second-order valence-electron chi connectivity index (χ2n) is 4.78. The lowest BCUT2D eigenvalue weighted by Gasteiger charge is -2.05. The highest BCUT2D eigenvalue weighted by molar-refractivity contribution is 9.10. The molecule has 2 atom stereocenters. The Morgan fingerprint density at radius 2 is 2.05 bits per heavy atom. The first kappa shape index (κ1) is 14.1. The lowest BCUT2D eigenvalue weighted by atomic mass is 10.1. The van der Waals surface area contributed by atoms with E-state index in [9.17, 15) is 9.59 Å². The lowest BCUT2D eigenvalue weighted by molar-refractivity contribution is -0.123. The summed E-state index contributed by atoms with van der Waals surface area (Å²) in [5.41, 5.74) is 1.20. The summed E-state index contributed by atoms with van der Waals surface area (Å²) in [5, 5.41) is 5.50. The van der Waals surface area contributed by atoms with E-state index < -0.39 is 0 Å². The molecule has 1 aliphatic carbocycles. The molecule has 4 nitrogen and oxygen atoms in total. The van der Waals surface area contributed by atoms with Gasteiger partial charge >= 0.3 is 0 Å². The van der Waals surface area contributed by atoms with Crippen molar-refractivity contribution in [2.45, 2.75) is 19.3 Å². The van der Waals surface area contributed by atoms with Gasteiger partial charge in [0.25, 0.3) is 0 Å². The van der Waals surface area contributed by atoms with Gasteiger partial charge in [-0.25, -0.2) is 0 Å². The predicted molar refractivity (Wildman–Crippen MR) is 76.7 cm³/mol. The Morgan fingerprint density at radius 3 is 2.74 bits per heavy atom. The highest BCUT2D eigenvalue weighted by atomic mass is 79.9. The van der Waals surface area contributed by atoms with Gasteiger partial charge in [0.05, 0.1) is 0 Å². The molecule has 2 amide bonds. The van der Waals surface area contributed by atoms with Crippen LogP contribution in [0.15, 0.2) is 28.7 Å². The third kappa shape index (κ3) is 4.06. The molecule has 1 aliphatic rings. The van der Waals surface area contributed by atoms with Crippen LogP contribution in [-0.2, 0) is 9.59 Å². The van der Waals surface area contributed by atoms with Crippen LogP contribution in [0, 0.1) is 5.92 Å². The van der Waals surface area contributed by atoms with Crippen LogP contribution in [-0.4, -0.2) is 24.9 Å². The number of rotatable bonds is 5. The van der Waals surface area contributed by atoms with Crippen LogP contribution in [0.25, 0.3) is 0 Å². The van der Waals surface area contributed by atoms with Gasteiger partial charge in [0, 0.05) is 30.4 Å². The van der Waals surface area contributed by atoms with Crippen molar-refractivity contribution in [1.29, 1.82) is 0 Å². The van der Waals surface area contributed by atoms with Crippen LogP contribution >= 0.6 is 15.9 Å². The Balaban J connectivity index is 1.76. The van der Waals surface area contributed by atoms with Crippen LogP contribution in [0.5, 0.6) is 0 Å². The summed E-state index contributed by atoms with van der Waals surface area (Å²) in [6.45, 7) is 2.43. The summed E-state index contributed by atoms with van der Waals surface area (Å²) in [7, 11) is 0. The minimum Gasteiger partial charge on any atom is -0.355 e. The first-order valence-corrected chi connectivity index (χ1v) is 7.15. The van der Waals surface area contributed by atoms with Crippen LogP contribution in [0.4, 0.5) is 0 Å². The Kier molecular flexibility index (Phi) is 4.58. The number of amides is 2. The number of carbonyl (C=O) groups excluding carboxylic acids is 2. The zero-order chi connectivity index (χ0) is 13.8. The van der Waals surface area contributed by atoms with E-state index >= 15 is 0 Å². The second-order valence-corrected chi connectivity index (χ2v) is 5.69. The lowest BCUT2D eigenvalue weighted by Crippen LogP contribution is -2.34. The molecular weight excluding hydrogens is 308 g/mol. The molecule has 0 heterocycles. The van der Waals surface area contributed by atoms with Crippen molar-refractivity contribution in [1.82, 2.24) is 10.6 Å². The largest absolute Gasteiger partial charge is 0.355 e. The standard InChI is InChI=1S/C14H17BrN2O2/c1-9(18)16-5-6-17-14(19)13-8-12(13)10-3-2-4-11(15)7-10/h2-4,7,12-13H,5-6,8H2,1H3,(H,16,18)(H,17,19)/t12-,13+/m1/s1. The Bertz CT molecular complexity index is 490. The fourth-order valence-electron chi connectivity index (χ4n) is 2.15. The second kappa shape index (κ2) is 6.19. The van der Waals surface area contributed by atoms with Crippen molar-refractivity contribution < 1.29 is 9.59 Å². The molecule has 1 aromatic carbocycles. The van der Waals surface area contributed by atoms with E-state index in [-0.39, 0.29) is 17.7 Å². The summed E-state index contributed by atoms with van der Waals surface area (Å²) in [4.78, 5) is 22.6. The summed E-state index contributed by atoms with van der Waals surface area (Å²) >= 11 is 3.44. The Hall–Kier alpha value is -1.36. The van der Waals surface area contributed by atoms with Crippen molar-refractivity contribution in [3.05, 3.63) is 34.3 Å². The zero-order valence-electron chi connectivity index (χ0n) is 10.8. The molecule has 0 saturated heterocycles. The Labute approximate surface area is 121 Å². The average molecular weight is 325 g/mol. The van der Waals surface area contributed by atoms with Crippen LogP contribution < -0.4 is 10.6 Å². The number of carbonyl (C=O) groups is 2. The monoisotopic (exact) mass is 324 g/mol. The first-order chi connectivity index (χ1) is 9.08. The molecule has 1 aromatic rings. The maximum atomic E-state index is 11.9. The highest BCUT2D eigenvalue weighted by Crippen LogP contribution is 2.47. The molecule has 0 aliphatic heterocycles. The van der Waals surface area contributed by atoms with E-state index in [0.717, 1.165) is 10.9 Å². The molecule has 0 aromatic heterocycles. The van der Waals surface area contributed by atoms with Crippen molar-refractivity contribution in [3.8, 4) is 0 Å². The quantitative estimate of drug-likeness (QED) is 0.811. The number of hydrogen-bond acceptors (Lipinski definition) is 2. The third-order valence-corrected chi connectivity index (χ3v) is 3.70. The highest BCUT2D eigenvalue weighted by Gasteiger charge is 2.43. The van der Waals surface area contributed by atoms with Crippen LogP contribution in [0.2, 0.25) is 0 Å². The maximum Gasteiger partial charge on any atom is 0.223 e. The molecular formula is C14H17BrN2O2. The van der Waals surface area contributed by atoms with Gasteiger partial charge in [-0.2, -0.15) is 0 Å². The molecule has 2 N–H and O–H groups in total. The fraction of sp³-hybridized carbons (Fsp3) is 0.429. The van der Waals surface area contributed by atoms with Gasteiger partial charge in [-0.3, -0.25) is 9.59 Å². The molecule has 0 bridgehead atoms. The number of hydrogen-bond donors (Lipinski definition) is 2. The van der Waals surface area contributed by atoms with Crippen molar-refractivity contribution >= 4 is 27.7 Å². The summed E-state index contributed by atoms with van der Waals surface area (Å²) in [6.07, 6.45) is 0.905. The first-order valence-electron chi connectivity index (χ1n) is 6.35. The van der Waals surface area contributed by atoms with Gasteiger partial charge in [0.1, 0.15) is 0 Å². The van der Waals surface area contributed by atoms with Crippen molar-refractivity contribution in [2.75, 3.05) is 13.1 Å². The fourth-order valence-corrected chi connectivity index (χ4v) is 2.56. The molecule has 1 saturated carbocycles. The molecule has 0 unspecified atom stereocenters. The minimum atomic E-state index is -0.0762. The normalized spacial score (nSPS) is 20.7.